The first kappa shape index (κ1) is 12.7. The first-order chi connectivity index (χ1) is 8.15. The molecule has 1 aromatic rings. The maximum atomic E-state index is 5.94. The number of furan rings is 1. The lowest BCUT2D eigenvalue weighted by atomic mass is 9.81. The van der Waals surface area contributed by atoms with Gasteiger partial charge in [0, 0.05) is 17.5 Å². The minimum Gasteiger partial charge on any atom is -0.472 e. The van der Waals surface area contributed by atoms with Crippen molar-refractivity contribution in [2.45, 2.75) is 45.9 Å². The van der Waals surface area contributed by atoms with E-state index in [1.54, 1.807) is 6.26 Å². The Morgan fingerprint density at radius 1 is 1.29 bits per heavy atom. The molecule has 0 amide bonds. The van der Waals surface area contributed by atoms with Gasteiger partial charge in [-0.2, -0.15) is 0 Å². The van der Waals surface area contributed by atoms with Gasteiger partial charge < -0.3 is 14.5 Å². The predicted octanol–water partition coefficient (Wildman–Crippen LogP) is 2.99. The highest BCUT2D eigenvalue weighted by Gasteiger charge is 2.42. The van der Waals surface area contributed by atoms with Crippen LogP contribution in [0.15, 0.2) is 23.0 Å². The summed E-state index contributed by atoms with van der Waals surface area (Å²) < 4.78 is 11.2. The van der Waals surface area contributed by atoms with Gasteiger partial charge in [0.2, 0.25) is 0 Å². The van der Waals surface area contributed by atoms with Crippen molar-refractivity contribution in [3.63, 3.8) is 0 Å². The van der Waals surface area contributed by atoms with Crippen LogP contribution in [0.4, 0.5) is 0 Å². The van der Waals surface area contributed by atoms with Crippen molar-refractivity contribution in [1.29, 1.82) is 0 Å². The molecule has 1 fully saturated rings. The summed E-state index contributed by atoms with van der Waals surface area (Å²) in [7, 11) is 0. The van der Waals surface area contributed by atoms with Gasteiger partial charge in [-0.25, -0.2) is 0 Å². The minimum absolute atomic E-state index is 0.291. The number of hydrogen-bond acceptors (Lipinski definition) is 3. The lowest BCUT2D eigenvalue weighted by Gasteiger charge is -2.28. The maximum absolute atomic E-state index is 5.94. The molecule has 5 atom stereocenters. The van der Waals surface area contributed by atoms with E-state index in [1.165, 1.54) is 5.56 Å². The van der Waals surface area contributed by atoms with Crippen molar-refractivity contribution in [2.75, 3.05) is 6.54 Å². The molecule has 2 rings (SSSR count). The predicted molar refractivity (Wildman–Crippen MR) is 67.8 cm³/mol. The average Bonchev–Trinajstić information content (AvgIpc) is 2.88. The summed E-state index contributed by atoms with van der Waals surface area (Å²) in [5.74, 6) is 1.06. The van der Waals surface area contributed by atoms with Gasteiger partial charge in [0.1, 0.15) is 0 Å². The molecule has 0 saturated carbocycles. The number of rotatable bonds is 4. The third-order valence-corrected chi connectivity index (χ3v) is 4.03. The fourth-order valence-corrected chi connectivity index (χ4v) is 3.02. The van der Waals surface area contributed by atoms with E-state index in [1.807, 2.05) is 6.26 Å². The summed E-state index contributed by atoms with van der Waals surface area (Å²) in [6, 6.07) is 2.38. The number of ether oxygens (including phenoxy) is 1. The Labute approximate surface area is 104 Å². The molecule has 0 aromatic carbocycles. The Kier molecular flexibility index (Phi) is 3.89. The molecule has 0 bridgehead atoms. The molecular weight excluding hydrogens is 214 g/mol. The second-order valence-electron chi connectivity index (χ2n) is 5.07. The topological polar surface area (TPSA) is 34.4 Å². The highest BCUT2D eigenvalue weighted by atomic mass is 16.5. The first-order valence-electron chi connectivity index (χ1n) is 6.56. The van der Waals surface area contributed by atoms with Gasteiger partial charge >= 0.3 is 0 Å². The number of nitrogens with one attached hydrogen (secondary N) is 1. The van der Waals surface area contributed by atoms with Crippen molar-refractivity contribution in [3.8, 4) is 0 Å². The van der Waals surface area contributed by atoms with Crippen LogP contribution in [0, 0.1) is 11.8 Å². The van der Waals surface area contributed by atoms with Gasteiger partial charge in [-0.05, 0) is 32.4 Å². The molecule has 96 valence electrons. The van der Waals surface area contributed by atoms with E-state index in [4.69, 9.17) is 9.15 Å². The van der Waals surface area contributed by atoms with Gasteiger partial charge in [0.05, 0.1) is 24.7 Å². The van der Waals surface area contributed by atoms with Crippen LogP contribution in [-0.2, 0) is 4.74 Å². The van der Waals surface area contributed by atoms with Crippen molar-refractivity contribution < 1.29 is 9.15 Å². The smallest absolute Gasteiger partial charge is 0.0950 e. The summed E-state index contributed by atoms with van der Waals surface area (Å²) in [5.41, 5.74) is 1.23. The van der Waals surface area contributed by atoms with Crippen molar-refractivity contribution in [3.05, 3.63) is 24.2 Å². The monoisotopic (exact) mass is 237 g/mol. The summed E-state index contributed by atoms with van der Waals surface area (Å²) in [6.07, 6.45) is 4.21. The van der Waals surface area contributed by atoms with Crippen LogP contribution in [0.5, 0.6) is 0 Å². The van der Waals surface area contributed by atoms with Gasteiger partial charge in [-0.3, -0.25) is 0 Å². The molecule has 0 radical (unpaired) electrons. The van der Waals surface area contributed by atoms with Crippen LogP contribution in [0.1, 0.15) is 39.3 Å². The molecule has 1 aliphatic heterocycles. The Morgan fingerprint density at radius 3 is 2.53 bits per heavy atom. The SMILES string of the molecule is CCNC(c1ccoc1)C1C(C)OC(C)C1C. The van der Waals surface area contributed by atoms with Gasteiger partial charge in [-0.1, -0.05) is 13.8 Å². The van der Waals surface area contributed by atoms with E-state index >= 15 is 0 Å². The molecule has 0 spiro atoms. The molecule has 1 N–H and O–H groups in total. The van der Waals surface area contributed by atoms with Crippen LogP contribution in [0.3, 0.4) is 0 Å². The van der Waals surface area contributed by atoms with E-state index in [-0.39, 0.29) is 0 Å². The standard InChI is InChI=1S/C14H23NO2/c1-5-15-14(12-6-7-16-8-12)13-9(2)10(3)17-11(13)4/h6-11,13-15H,5H2,1-4H3. The highest BCUT2D eigenvalue weighted by Crippen LogP contribution is 2.40. The van der Waals surface area contributed by atoms with Gasteiger partial charge in [0.25, 0.3) is 0 Å². The summed E-state index contributed by atoms with van der Waals surface area (Å²) in [4.78, 5) is 0. The second kappa shape index (κ2) is 5.23. The van der Waals surface area contributed by atoms with Crippen LogP contribution in [0.25, 0.3) is 0 Å². The lowest BCUT2D eigenvalue weighted by molar-refractivity contribution is 0.0475. The zero-order valence-electron chi connectivity index (χ0n) is 11.1. The zero-order valence-corrected chi connectivity index (χ0v) is 11.1. The summed E-state index contributed by atoms with van der Waals surface area (Å²) in [6.45, 7) is 9.72. The summed E-state index contributed by atoms with van der Waals surface area (Å²) in [5, 5.41) is 3.57. The highest BCUT2D eigenvalue weighted by molar-refractivity contribution is 5.15. The Hall–Kier alpha value is -0.800. The molecule has 3 heteroatoms. The third kappa shape index (κ3) is 2.40. The quantitative estimate of drug-likeness (QED) is 0.874. The van der Waals surface area contributed by atoms with E-state index in [9.17, 15) is 0 Å². The van der Waals surface area contributed by atoms with E-state index in [0.717, 1.165) is 6.54 Å². The lowest BCUT2D eigenvalue weighted by Crippen LogP contribution is -2.34. The molecule has 0 aliphatic carbocycles. The molecule has 3 nitrogen and oxygen atoms in total. The van der Waals surface area contributed by atoms with Gasteiger partial charge in [0.15, 0.2) is 0 Å². The molecule has 1 aromatic heterocycles. The fourth-order valence-electron chi connectivity index (χ4n) is 3.02. The van der Waals surface area contributed by atoms with Gasteiger partial charge in [-0.15, -0.1) is 0 Å². The maximum Gasteiger partial charge on any atom is 0.0950 e. The Morgan fingerprint density at radius 2 is 2.06 bits per heavy atom. The molecular formula is C14H23NO2. The average molecular weight is 237 g/mol. The molecule has 1 aliphatic rings. The fraction of sp³-hybridized carbons (Fsp3) is 0.714. The molecule has 2 heterocycles. The van der Waals surface area contributed by atoms with Crippen LogP contribution < -0.4 is 5.32 Å². The Bertz CT molecular complexity index is 336. The number of hydrogen-bond donors (Lipinski definition) is 1. The zero-order chi connectivity index (χ0) is 12.4. The van der Waals surface area contributed by atoms with Crippen LogP contribution in [-0.4, -0.2) is 18.8 Å². The largest absolute Gasteiger partial charge is 0.472 e. The van der Waals surface area contributed by atoms with E-state index in [2.05, 4.69) is 39.1 Å². The van der Waals surface area contributed by atoms with E-state index in [0.29, 0.717) is 30.1 Å². The van der Waals surface area contributed by atoms with Crippen LogP contribution in [0.2, 0.25) is 0 Å². The second-order valence-corrected chi connectivity index (χ2v) is 5.07. The molecule has 1 saturated heterocycles. The summed E-state index contributed by atoms with van der Waals surface area (Å²) >= 11 is 0. The normalized spacial score (nSPS) is 35.1. The van der Waals surface area contributed by atoms with Crippen molar-refractivity contribution in [1.82, 2.24) is 5.32 Å². The van der Waals surface area contributed by atoms with E-state index < -0.39 is 0 Å². The molecule has 17 heavy (non-hydrogen) atoms. The first-order valence-corrected chi connectivity index (χ1v) is 6.56. The third-order valence-electron chi connectivity index (χ3n) is 4.03. The minimum atomic E-state index is 0.291. The molecule has 5 unspecified atom stereocenters. The van der Waals surface area contributed by atoms with Crippen molar-refractivity contribution in [2.24, 2.45) is 11.8 Å². The van der Waals surface area contributed by atoms with Crippen molar-refractivity contribution >= 4 is 0 Å². The van der Waals surface area contributed by atoms with Crippen LogP contribution >= 0.6 is 0 Å². The Balaban J connectivity index is 2.21.